The van der Waals surface area contributed by atoms with Crippen LogP contribution in [0.1, 0.15) is 5.56 Å². The average molecular weight is 345 g/mol. The molecule has 0 aliphatic heterocycles. The number of methoxy groups -OCH3 is 1. The van der Waals surface area contributed by atoms with Crippen LogP contribution < -0.4 is 10.1 Å². The monoisotopic (exact) mass is 343 g/mol. The summed E-state index contributed by atoms with van der Waals surface area (Å²) in [7, 11) is 1.61. The van der Waals surface area contributed by atoms with Crippen molar-refractivity contribution >= 4 is 33.2 Å². The Hall–Kier alpha value is -1.26. The Morgan fingerprint density at radius 2 is 2.05 bits per heavy atom. The molecule has 0 aliphatic carbocycles. The van der Waals surface area contributed by atoms with Crippen LogP contribution in [0.2, 0.25) is 5.02 Å². The van der Waals surface area contributed by atoms with Gasteiger partial charge in [-0.05, 0) is 51.8 Å². The van der Waals surface area contributed by atoms with E-state index >= 15 is 0 Å². The second kappa shape index (κ2) is 6.26. The highest BCUT2D eigenvalue weighted by Gasteiger charge is 2.05. The number of halogens is 3. The Morgan fingerprint density at radius 3 is 2.79 bits per heavy atom. The van der Waals surface area contributed by atoms with Crippen LogP contribution in [0.5, 0.6) is 5.75 Å². The lowest BCUT2D eigenvalue weighted by atomic mass is 10.2. The van der Waals surface area contributed by atoms with Gasteiger partial charge in [0.2, 0.25) is 0 Å². The molecule has 100 valence electrons. The number of ether oxygens (including phenoxy) is 1. The number of hydrogen-bond donors (Lipinski definition) is 1. The van der Waals surface area contributed by atoms with Crippen LogP contribution in [-0.4, -0.2) is 7.11 Å². The van der Waals surface area contributed by atoms with Crippen molar-refractivity contribution in [1.82, 2.24) is 0 Å². The van der Waals surface area contributed by atoms with Crippen LogP contribution in [0.4, 0.5) is 10.1 Å². The fraction of sp³-hybridized carbons (Fsp3) is 0.143. The third kappa shape index (κ3) is 3.61. The maximum atomic E-state index is 13.2. The topological polar surface area (TPSA) is 21.3 Å². The second-order valence-electron chi connectivity index (χ2n) is 3.94. The van der Waals surface area contributed by atoms with Gasteiger partial charge in [-0.1, -0.05) is 11.6 Å². The molecule has 0 saturated carbocycles. The molecule has 5 heteroatoms. The first-order chi connectivity index (χ1) is 9.10. The summed E-state index contributed by atoms with van der Waals surface area (Å²) in [6.07, 6.45) is 0. The number of nitrogens with one attached hydrogen (secondary N) is 1. The van der Waals surface area contributed by atoms with Crippen LogP contribution in [0.15, 0.2) is 40.9 Å². The maximum absolute atomic E-state index is 13.2. The molecule has 0 fully saturated rings. The van der Waals surface area contributed by atoms with Gasteiger partial charge in [-0.3, -0.25) is 0 Å². The van der Waals surface area contributed by atoms with Gasteiger partial charge in [-0.25, -0.2) is 4.39 Å². The highest BCUT2D eigenvalue weighted by atomic mass is 79.9. The largest absolute Gasteiger partial charge is 0.497 e. The van der Waals surface area contributed by atoms with Gasteiger partial charge in [0, 0.05) is 22.1 Å². The number of hydrogen-bond acceptors (Lipinski definition) is 2. The van der Waals surface area contributed by atoms with Gasteiger partial charge in [0.05, 0.1) is 12.8 Å². The standard InChI is InChI=1S/C14H12BrClFNO/c1-19-11-3-4-12(15)14(7-11)18-8-9-6-10(17)2-5-13(9)16/h2-7,18H,8H2,1H3. The molecule has 0 atom stereocenters. The van der Waals surface area contributed by atoms with Gasteiger partial charge < -0.3 is 10.1 Å². The molecule has 0 bridgehead atoms. The third-order valence-electron chi connectivity index (χ3n) is 2.65. The maximum Gasteiger partial charge on any atom is 0.123 e. The number of benzene rings is 2. The van der Waals surface area contributed by atoms with Gasteiger partial charge in [0.15, 0.2) is 0 Å². The molecule has 2 rings (SSSR count). The van der Waals surface area contributed by atoms with E-state index in [-0.39, 0.29) is 5.82 Å². The summed E-state index contributed by atoms with van der Waals surface area (Å²) in [6.45, 7) is 0.433. The Labute approximate surface area is 124 Å². The van der Waals surface area contributed by atoms with E-state index in [9.17, 15) is 4.39 Å². The molecule has 2 aromatic rings. The normalized spacial score (nSPS) is 10.3. The second-order valence-corrected chi connectivity index (χ2v) is 5.20. The molecule has 2 nitrogen and oxygen atoms in total. The van der Waals surface area contributed by atoms with Crippen LogP contribution in [0, 0.1) is 5.82 Å². The molecule has 0 amide bonds. The molecule has 0 spiro atoms. The fourth-order valence-corrected chi connectivity index (χ4v) is 2.21. The predicted molar refractivity (Wildman–Crippen MR) is 79.4 cm³/mol. The minimum Gasteiger partial charge on any atom is -0.497 e. The van der Waals surface area contributed by atoms with Crippen LogP contribution in [0.25, 0.3) is 0 Å². The zero-order valence-electron chi connectivity index (χ0n) is 10.2. The van der Waals surface area contributed by atoms with E-state index in [0.29, 0.717) is 17.1 Å². The summed E-state index contributed by atoms with van der Waals surface area (Å²) in [4.78, 5) is 0. The molecule has 2 aromatic carbocycles. The van der Waals surface area contributed by atoms with Crippen LogP contribution in [-0.2, 0) is 6.54 Å². The van der Waals surface area contributed by atoms with Gasteiger partial charge >= 0.3 is 0 Å². The first kappa shape index (κ1) is 14.2. The van der Waals surface area contributed by atoms with Gasteiger partial charge in [-0.2, -0.15) is 0 Å². The summed E-state index contributed by atoms with van der Waals surface area (Å²) >= 11 is 9.46. The summed E-state index contributed by atoms with van der Waals surface area (Å²) in [5.74, 6) is 0.446. The first-order valence-electron chi connectivity index (χ1n) is 5.61. The molecule has 1 N–H and O–H groups in total. The summed E-state index contributed by atoms with van der Waals surface area (Å²) < 4.78 is 19.2. The SMILES string of the molecule is COc1ccc(Br)c(NCc2cc(F)ccc2Cl)c1. The van der Waals surface area contributed by atoms with E-state index in [1.807, 2.05) is 18.2 Å². The Balaban J connectivity index is 2.16. The zero-order chi connectivity index (χ0) is 13.8. The van der Waals surface area contributed by atoms with Crippen molar-refractivity contribution in [3.05, 3.63) is 57.3 Å². The smallest absolute Gasteiger partial charge is 0.123 e. The van der Waals surface area contributed by atoms with Crippen molar-refractivity contribution in [2.75, 3.05) is 12.4 Å². The number of anilines is 1. The molecule has 0 aliphatic rings. The van der Waals surface area contributed by atoms with Gasteiger partial charge in [-0.15, -0.1) is 0 Å². The Bertz CT molecular complexity index is 592. The van der Waals surface area contributed by atoms with E-state index in [0.717, 1.165) is 15.9 Å². The molecule has 0 radical (unpaired) electrons. The molecule has 19 heavy (non-hydrogen) atoms. The van der Waals surface area contributed by atoms with Gasteiger partial charge in [0.1, 0.15) is 11.6 Å². The van der Waals surface area contributed by atoms with Crippen molar-refractivity contribution in [3.63, 3.8) is 0 Å². The van der Waals surface area contributed by atoms with E-state index in [2.05, 4.69) is 21.2 Å². The predicted octanol–water partition coefficient (Wildman–Crippen LogP) is 4.86. The Kier molecular flexibility index (Phi) is 4.66. The fourth-order valence-electron chi connectivity index (χ4n) is 1.64. The van der Waals surface area contributed by atoms with Crippen molar-refractivity contribution < 1.29 is 9.13 Å². The van der Waals surface area contributed by atoms with Gasteiger partial charge in [0.25, 0.3) is 0 Å². The molecule has 0 saturated heterocycles. The van der Waals surface area contributed by atoms with Crippen molar-refractivity contribution in [3.8, 4) is 5.75 Å². The molecule has 0 heterocycles. The lowest BCUT2D eigenvalue weighted by Gasteiger charge is -2.11. The molecule has 0 unspecified atom stereocenters. The lowest BCUT2D eigenvalue weighted by molar-refractivity contribution is 0.415. The summed E-state index contributed by atoms with van der Waals surface area (Å²) in [6, 6.07) is 9.90. The first-order valence-corrected chi connectivity index (χ1v) is 6.78. The van der Waals surface area contributed by atoms with Crippen molar-refractivity contribution in [2.45, 2.75) is 6.54 Å². The van der Waals surface area contributed by atoms with E-state index in [4.69, 9.17) is 16.3 Å². The molecular weight excluding hydrogens is 333 g/mol. The average Bonchev–Trinajstić information content (AvgIpc) is 2.41. The van der Waals surface area contributed by atoms with Crippen LogP contribution >= 0.6 is 27.5 Å². The van der Waals surface area contributed by atoms with E-state index < -0.39 is 0 Å². The van der Waals surface area contributed by atoms with E-state index in [1.165, 1.54) is 12.1 Å². The summed E-state index contributed by atoms with van der Waals surface area (Å²) in [5, 5.41) is 3.73. The highest BCUT2D eigenvalue weighted by molar-refractivity contribution is 9.10. The zero-order valence-corrected chi connectivity index (χ0v) is 12.6. The number of rotatable bonds is 4. The van der Waals surface area contributed by atoms with Crippen molar-refractivity contribution in [2.24, 2.45) is 0 Å². The summed E-state index contributed by atoms with van der Waals surface area (Å²) in [5.41, 5.74) is 1.57. The lowest BCUT2D eigenvalue weighted by Crippen LogP contribution is -2.01. The third-order valence-corrected chi connectivity index (χ3v) is 3.71. The minimum atomic E-state index is -0.300. The Morgan fingerprint density at radius 1 is 1.26 bits per heavy atom. The molecule has 0 aromatic heterocycles. The highest BCUT2D eigenvalue weighted by Crippen LogP contribution is 2.28. The van der Waals surface area contributed by atoms with Crippen LogP contribution in [0.3, 0.4) is 0 Å². The minimum absolute atomic E-state index is 0.300. The van der Waals surface area contributed by atoms with Crippen molar-refractivity contribution in [1.29, 1.82) is 0 Å². The molecular formula is C14H12BrClFNO. The quantitative estimate of drug-likeness (QED) is 0.855. The van der Waals surface area contributed by atoms with E-state index in [1.54, 1.807) is 13.2 Å².